The molecule has 2 rings (SSSR count). The lowest BCUT2D eigenvalue weighted by Gasteiger charge is -2.09. The molecule has 1 N–H and O–H groups in total. The fourth-order valence-corrected chi connectivity index (χ4v) is 2.15. The van der Waals surface area contributed by atoms with Gasteiger partial charge in [-0.25, -0.2) is 4.39 Å². The number of benzene rings is 1. The Morgan fingerprint density at radius 1 is 1.42 bits per heavy atom. The molecule has 19 heavy (non-hydrogen) atoms. The van der Waals surface area contributed by atoms with E-state index in [1.807, 2.05) is 0 Å². The van der Waals surface area contributed by atoms with Crippen molar-refractivity contribution in [2.75, 3.05) is 6.54 Å². The quantitative estimate of drug-likeness (QED) is 0.915. The van der Waals surface area contributed by atoms with Crippen LogP contribution in [0, 0.1) is 11.7 Å². The number of halogens is 2. The van der Waals surface area contributed by atoms with E-state index in [1.165, 1.54) is 12.1 Å². The summed E-state index contributed by atoms with van der Waals surface area (Å²) in [6.45, 7) is 5.71. The van der Waals surface area contributed by atoms with Gasteiger partial charge in [-0.2, -0.15) is 4.68 Å². The second kappa shape index (κ2) is 6.21. The van der Waals surface area contributed by atoms with Crippen molar-refractivity contribution in [3.63, 3.8) is 0 Å². The van der Waals surface area contributed by atoms with E-state index >= 15 is 0 Å². The van der Waals surface area contributed by atoms with Crippen molar-refractivity contribution < 1.29 is 4.39 Å². The van der Waals surface area contributed by atoms with E-state index in [9.17, 15) is 4.39 Å². The van der Waals surface area contributed by atoms with Crippen LogP contribution in [-0.2, 0) is 6.54 Å². The molecule has 5 nitrogen and oxygen atoms in total. The molecule has 0 amide bonds. The minimum atomic E-state index is -0.303. The summed E-state index contributed by atoms with van der Waals surface area (Å²) in [5.74, 6) is 0.943. The molecule has 0 aliphatic heterocycles. The van der Waals surface area contributed by atoms with Crippen molar-refractivity contribution in [3.05, 3.63) is 34.3 Å². The van der Waals surface area contributed by atoms with Gasteiger partial charge < -0.3 is 5.32 Å². The zero-order chi connectivity index (χ0) is 13.8. The zero-order valence-corrected chi connectivity index (χ0v) is 12.4. The molecule has 0 aliphatic carbocycles. The van der Waals surface area contributed by atoms with Gasteiger partial charge in [0.25, 0.3) is 0 Å². The highest BCUT2D eigenvalue weighted by Gasteiger charge is 2.11. The maximum Gasteiger partial charge on any atom is 0.170 e. The minimum Gasteiger partial charge on any atom is -0.310 e. The summed E-state index contributed by atoms with van der Waals surface area (Å²) in [5.41, 5.74) is 0.716. The van der Waals surface area contributed by atoms with Gasteiger partial charge in [0, 0.05) is 4.47 Å². The predicted molar refractivity (Wildman–Crippen MR) is 73.4 cm³/mol. The van der Waals surface area contributed by atoms with Gasteiger partial charge in [-0.05, 0) is 57.0 Å². The maximum atomic E-state index is 13.1. The first-order valence-corrected chi connectivity index (χ1v) is 6.80. The second-order valence-corrected chi connectivity index (χ2v) is 5.48. The van der Waals surface area contributed by atoms with Crippen LogP contribution in [0.5, 0.6) is 0 Å². The third-order valence-corrected chi connectivity index (χ3v) is 3.14. The Labute approximate surface area is 119 Å². The van der Waals surface area contributed by atoms with Gasteiger partial charge >= 0.3 is 0 Å². The van der Waals surface area contributed by atoms with Crippen LogP contribution in [0.3, 0.4) is 0 Å². The summed E-state index contributed by atoms with van der Waals surface area (Å²) in [7, 11) is 0. The fraction of sp³-hybridized carbons (Fsp3) is 0.417. The van der Waals surface area contributed by atoms with Gasteiger partial charge in [0.05, 0.1) is 12.2 Å². The van der Waals surface area contributed by atoms with Gasteiger partial charge in [0.2, 0.25) is 0 Å². The van der Waals surface area contributed by atoms with E-state index in [2.05, 4.69) is 50.6 Å². The Bertz CT molecular complexity index is 555. The van der Waals surface area contributed by atoms with Crippen molar-refractivity contribution in [1.82, 2.24) is 25.5 Å². The van der Waals surface area contributed by atoms with Gasteiger partial charge in [0.15, 0.2) is 5.82 Å². The molecular formula is C12H15BrFN5. The average Bonchev–Trinajstić information content (AvgIpc) is 2.77. The number of aromatic nitrogens is 4. The van der Waals surface area contributed by atoms with Crippen LogP contribution < -0.4 is 5.32 Å². The molecule has 1 heterocycles. The van der Waals surface area contributed by atoms with Gasteiger partial charge in [-0.15, -0.1) is 5.10 Å². The van der Waals surface area contributed by atoms with Crippen LogP contribution in [0.2, 0.25) is 0 Å². The Morgan fingerprint density at radius 3 is 2.89 bits per heavy atom. The summed E-state index contributed by atoms with van der Waals surface area (Å²) in [4.78, 5) is 0. The highest BCUT2D eigenvalue weighted by Crippen LogP contribution is 2.21. The summed E-state index contributed by atoms with van der Waals surface area (Å²) < 4.78 is 15.3. The third kappa shape index (κ3) is 3.57. The summed E-state index contributed by atoms with van der Waals surface area (Å²) >= 11 is 3.32. The van der Waals surface area contributed by atoms with E-state index in [-0.39, 0.29) is 5.82 Å². The zero-order valence-electron chi connectivity index (χ0n) is 10.8. The van der Waals surface area contributed by atoms with E-state index < -0.39 is 0 Å². The Morgan fingerprint density at radius 2 is 2.21 bits per heavy atom. The number of tetrazole rings is 1. The molecular weight excluding hydrogens is 313 g/mol. The van der Waals surface area contributed by atoms with E-state index in [0.717, 1.165) is 6.54 Å². The first-order chi connectivity index (χ1) is 9.08. The molecule has 0 bridgehead atoms. The molecule has 102 valence electrons. The highest BCUT2D eigenvalue weighted by molar-refractivity contribution is 9.10. The van der Waals surface area contributed by atoms with Crippen LogP contribution in [0.1, 0.15) is 19.7 Å². The summed E-state index contributed by atoms with van der Waals surface area (Å²) in [5, 5.41) is 14.9. The van der Waals surface area contributed by atoms with Crippen LogP contribution in [0.25, 0.3) is 5.69 Å². The summed E-state index contributed by atoms with van der Waals surface area (Å²) in [6, 6.07) is 4.41. The highest BCUT2D eigenvalue weighted by atomic mass is 79.9. The van der Waals surface area contributed by atoms with Crippen molar-refractivity contribution in [2.24, 2.45) is 5.92 Å². The molecule has 2 aromatic rings. The normalized spacial score (nSPS) is 11.2. The SMILES string of the molecule is CC(C)CNCc1nnnn1-c1ccc(F)cc1Br. The van der Waals surface area contributed by atoms with E-state index in [0.29, 0.717) is 28.4 Å². The number of rotatable bonds is 5. The monoisotopic (exact) mass is 327 g/mol. The van der Waals surface area contributed by atoms with Crippen LogP contribution in [0.4, 0.5) is 4.39 Å². The Kier molecular flexibility index (Phi) is 4.60. The lowest BCUT2D eigenvalue weighted by atomic mass is 10.2. The average molecular weight is 328 g/mol. The lowest BCUT2D eigenvalue weighted by Crippen LogP contribution is -2.21. The largest absolute Gasteiger partial charge is 0.310 e. The third-order valence-electron chi connectivity index (χ3n) is 2.51. The van der Waals surface area contributed by atoms with Crippen molar-refractivity contribution in [3.8, 4) is 5.69 Å². The molecule has 0 aliphatic rings. The number of hydrogen-bond donors (Lipinski definition) is 1. The fourth-order valence-electron chi connectivity index (χ4n) is 1.63. The Hall–Kier alpha value is -1.34. The molecule has 0 radical (unpaired) electrons. The summed E-state index contributed by atoms with van der Waals surface area (Å²) in [6.07, 6.45) is 0. The molecule has 0 fully saturated rings. The van der Waals surface area contributed by atoms with Crippen molar-refractivity contribution in [1.29, 1.82) is 0 Å². The molecule has 1 aromatic carbocycles. The number of nitrogens with zero attached hydrogens (tertiary/aromatic N) is 4. The Balaban J connectivity index is 2.19. The first-order valence-electron chi connectivity index (χ1n) is 6.01. The van der Waals surface area contributed by atoms with Crippen LogP contribution in [-0.4, -0.2) is 26.8 Å². The van der Waals surface area contributed by atoms with Gasteiger partial charge in [-0.1, -0.05) is 13.8 Å². The number of hydrogen-bond acceptors (Lipinski definition) is 4. The molecule has 0 saturated carbocycles. The second-order valence-electron chi connectivity index (χ2n) is 4.63. The molecule has 1 aromatic heterocycles. The standard InChI is InChI=1S/C12H15BrFN5/c1-8(2)6-15-7-12-16-17-18-19(12)11-4-3-9(14)5-10(11)13/h3-5,8,15H,6-7H2,1-2H3. The van der Waals surface area contributed by atoms with Crippen LogP contribution >= 0.6 is 15.9 Å². The molecule has 0 saturated heterocycles. The number of nitrogens with one attached hydrogen (secondary N) is 1. The molecule has 0 spiro atoms. The van der Waals surface area contributed by atoms with Gasteiger partial charge in [0.1, 0.15) is 5.82 Å². The minimum absolute atomic E-state index is 0.303. The lowest BCUT2D eigenvalue weighted by molar-refractivity contribution is 0.537. The topological polar surface area (TPSA) is 55.6 Å². The van der Waals surface area contributed by atoms with Crippen molar-refractivity contribution in [2.45, 2.75) is 20.4 Å². The van der Waals surface area contributed by atoms with Crippen molar-refractivity contribution >= 4 is 15.9 Å². The van der Waals surface area contributed by atoms with Crippen LogP contribution in [0.15, 0.2) is 22.7 Å². The van der Waals surface area contributed by atoms with E-state index in [4.69, 9.17) is 0 Å². The smallest absolute Gasteiger partial charge is 0.170 e. The predicted octanol–water partition coefficient (Wildman–Crippen LogP) is 2.31. The molecule has 0 unspecified atom stereocenters. The maximum absolute atomic E-state index is 13.1. The van der Waals surface area contributed by atoms with E-state index in [1.54, 1.807) is 10.7 Å². The molecule has 0 atom stereocenters. The first kappa shape index (κ1) is 14.1. The van der Waals surface area contributed by atoms with Gasteiger partial charge in [-0.3, -0.25) is 0 Å². The molecule has 7 heteroatoms.